The number of anilines is 4. The van der Waals surface area contributed by atoms with Gasteiger partial charge in [0.25, 0.3) is 0 Å². The maximum atomic E-state index is 12.6. The first-order valence-electron chi connectivity index (χ1n) is 9.65. The standard InChI is InChI=1S/C22H26N6OS/c1-13-8-5-6-11-17(13)24-22-26-18(25-21(23)28-22)12-30-16(4)20(29)27-19-14(2)9-7-10-15(19)3/h5-11,16H,12H2,1-4H3,(H,27,29)(H3,23,24,25,26,28). The van der Waals surface area contributed by atoms with Crippen LogP contribution < -0.4 is 16.4 Å². The fourth-order valence-electron chi connectivity index (χ4n) is 2.90. The second kappa shape index (κ2) is 9.58. The van der Waals surface area contributed by atoms with Crippen molar-refractivity contribution in [3.05, 3.63) is 65.0 Å². The van der Waals surface area contributed by atoms with E-state index in [2.05, 4.69) is 25.6 Å². The maximum absolute atomic E-state index is 12.6. The SMILES string of the molecule is Cc1ccccc1Nc1nc(N)nc(CSC(C)C(=O)Nc2c(C)cccc2C)n1. The predicted molar refractivity (Wildman–Crippen MR) is 124 cm³/mol. The fourth-order valence-corrected chi connectivity index (χ4v) is 3.64. The maximum Gasteiger partial charge on any atom is 0.237 e. The highest BCUT2D eigenvalue weighted by molar-refractivity contribution is 7.99. The van der Waals surface area contributed by atoms with Gasteiger partial charge < -0.3 is 16.4 Å². The molecule has 156 valence electrons. The third-order valence-electron chi connectivity index (χ3n) is 4.65. The molecule has 1 atom stereocenters. The van der Waals surface area contributed by atoms with Crippen molar-refractivity contribution in [1.82, 2.24) is 15.0 Å². The number of amides is 1. The van der Waals surface area contributed by atoms with Crippen LogP contribution in [0.3, 0.4) is 0 Å². The van der Waals surface area contributed by atoms with Crippen molar-refractivity contribution >= 4 is 40.9 Å². The summed E-state index contributed by atoms with van der Waals surface area (Å²) in [6.45, 7) is 7.83. The molecule has 0 aliphatic carbocycles. The molecule has 7 nitrogen and oxygen atoms in total. The van der Waals surface area contributed by atoms with E-state index in [4.69, 9.17) is 5.73 Å². The van der Waals surface area contributed by atoms with Gasteiger partial charge in [0.2, 0.25) is 17.8 Å². The molecule has 0 saturated carbocycles. The predicted octanol–water partition coefficient (Wildman–Crippen LogP) is 4.38. The number of carbonyl (C=O) groups excluding carboxylic acids is 1. The van der Waals surface area contributed by atoms with Crippen LogP contribution in [0.25, 0.3) is 0 Å². The second-order valence-electron chi connectivity index (χ2n) is 7.08. The van der Waals surface area contributed by atoms with Crippen molar-refractivity contribution in [2.45, 2.75) is 38.7 Å². The zero-order valence-corrected chi connectivity index (χ0v) is 18.4. The quantitative estimate of drug-likeness (QED) is 0.519. The van der Waals surface area contributed by atoms with Gasteiger partial charge in [0.15, 0.2) is 0 Å². The molecule has 1 amide bonds. The minimum absolute atomic E-state index is 0.0577. The van der Waals surface area contributed by atoms with Crippen LogP contribution in [0.2, 0.25) is 0 Å². The highest BCUT2D eigenvalue weighted by atomic mass is 32.2. The van der Waals surface area contributed by atoms with E-state index in [1.54, 1.807) is 0 Å². The number of thioether (sulfide) groups is 1. The number of nitrogens with one attached hydrogen (secondary N) is 2. The topological polar surface area (TPSA) is 106 Å². The van der Waals surface area contributed by atoms with E-state index >= 15 is 0 Å². The summed E-state index contributed by atoms with van der Waals surface area (Å²) < 4.78 is 0. The van der Waals surface area contributed by atoms with Crippen molar-refractivity contribution in [1.29, 1.82) is 0 Å². The number of nitrogens with zero attached hydrogens (tertiary/aromatic N) is 3. The van der Waals surface area contributed by atoms with Crippen molar-refractivity contribution in [3.8, 4) is 0 Å². The number of carbonyl (C=O) groups is 1. The monoisotopic (exact) mass is 422 g/mol. The van der Waals surface area contributed by atoms with Crippen molar-refractivity contribution in [2.75, 3.05) is 16.4 Å². The number of aryl methyl sites for hydroxylation is 3. The van der Waals surface area contributed by atoms with E-state index in [0.29, 0.717) is 17.5 Å². The van der Waals surface area contributed by atoms with Crippen LogP contribution >= 0.6 is 11.8 Å². The van der Waals surface area contributed by atoms with Gasteiger partial charge in [-0.25, -0.2) is 0 Å². The molecule has 0 spiro atoms. The number of nitrogen functional groups attached to an aromatic ring is 1. The molecule has 0 radical (unpaired) electrons. The van der Waals surface area contributed by atoms with E-state index in [9.17, 15) is 4.79 Å². The molecule has 30 heavy (non-hydrogen) atoms. The van der Waals surface area contributed by atoms with E-state index in [0.717, 1.165) is 28.1 Å². The van der Waals surface area contributed by atoms with Crippen molar-refractivity contribution in [2.24, 2.45) is 0 Å². The first kappa shape index (κ1) is 21.6. The van der Waals surface area contributed by atoms with Gasteiger partial charge in [0, 0.05) is 11.4 Å². The Hall–Kier alpha value is -3.13. The number of hydrogen-bond acceptors (Lipinski definition) is 7. The van der Waals surface area contributed by atoms with E-state index in [-0.39, 0.29) is 17.1 Å². The lowest BCUT2D eigenvalue weighted by Crippen LogP contribution is -2.23. The molecule has 1 heterocycles. The molecule has 4 N–H and O–H groups in total. The van der Waals surface area contributed by atoms with Gasteiger partial charge in [-0.05, 0) is 50.5 Å². The Morgan fingerprint density at radius 3 is 2.37 bits per heavy atom. The molecule has 1 unspecified atom stereocenters. The number of rotatable bonds is 7. The van der Waals surface area contributed by atoms with Crippen LogP contribution in [0.4, 0.5) is 23.3 Å². The number of nitrogens with two attached hydrogens (primary N) is 1. The van der Waals surface area contributed by atoms with Gasteiger partial charge in [0.05, 0.1) is 11.0 Å². The lowest BCUT2D eigenvalue weighted by atomic mass is 10.1. The largest absolute Gasteiger partial charge is 0.368 e. The normalized spacial score (nSPS) is 11.7. The number of benzene rings is 2. The van der Waals surface area contributed by atoms with Crippen molar-refractivity contribution < 1.29 is 4.79 Å². The summed E-state index contributed by atoms with van der Waals surface area (Å²) in [7, 11) is 0. The first-order valence-corrected chi connectivity index (χ1v) is 10.7. The molecule has 2 aromatic carbocycles. The zero-order chi connectivity index (χ0) is 21.7. The lowest BCUT2D eigenvalue weighted by Gasteiger charge is -2.15. The van der Waals surface area contributed by atoms with Gasteiger partial charge in [-0.1, -0.05) is 36.4 Å². The summed E-state index contributed by atoms with van der Waals surface area (Å²) in [6, 6.07) is 13.8. The Balaban J connectivity index is 1.64. The van der Waals surface area contributed by atoms with Gasteiger partial charge in [-0.3, -0.25) is 4.79 Å². The first-order chi connectivity index (χ1) is 14.3. The van der Waals surface area contributed by atoms with Crippen LogP contribution in [-0.2, 0) is 10.5 Å². The Labute approximate surface area is 180 Å². The average Bonchev–Trinajstić information content (AvgIpc) is 2.70. The van der Waals surface area contributed by atoms with Crippen LogP contribution in [0.1, 0.15) is 29.4 Å². The summed E-state index contributed by atoms with van der Waals surface area (Å²) in [5.41, 5.74) is 10.8. The van der Waals surface area contributed by atoms with Crippen LogP contribution in [-0.4, -0.2) is 26.1 Å². The minimum atomic E-state index is -0.283. The molecule has 3 rings (SSSR count). The Bertz CT molecular complexity index is 1040. The lowest BCUT2D eigenvalue weighted by molar-refractivity contribution is -0.115. The second-order valence-corrected chi connectivity index (χ2v) is 8.41. The highest BCUT2D eigenvalue weighted by Gasteiger charge is 2.17. The van der Waals surface area contributed by atoms with Gasteiger partial charge in [-0.2, -0.15) is 15.0 Å². The molecule has 0 fully saturated rings. The molecule has 0 bridgehead atoms. The van der Waals surface area contributed by atoms with E-state index < -0.39 is 0 Å². The Morgan fingerprint density at radius 2 is 1.67 bits per heavy atom. The summed E-state index contributed by atoms with van der Waals surface area (Å²) in [5.74, 6) is 1.44. The average molecular weight is 423 g/mol. The van der Waals surface area contributed by atoms with Gasteiger partial charge in [0.1, 0.15) is 5.82 Å². The summed E-state index contributed by atoms with van der Waals surface area (Å²) >= 11 is 1.45. The third-order valence-corrected chi connectivity index (χ3v) is 5.79. The smallest absolute Gasteiger partial charge is 0.237 e. The molecule has 0 aliphatic rings. The fraction of sp³-hybridized carbons (Fsp3) is 0.273. The van der Waals surface area contributed by atoms with Gasteiger partial charge >= 0.3 is 0 Å². The van der Waals surface area contributed by atoms with Crippen LogP contribution in [0, 0.1) is 20.8 Å². The number of aromatic nitrogens is 3. The molecule has 1 aromatic heterocycles. The number of hydrogen-bond donors (Lipinski definition) is 3. The minimum Gasteiger partial charge on any atom is -0.368 e. The third kappa shape index (κ3) is 5.48. The molecule has 0 aliphatic heterocycles. The summed E-state index contributed by atoms with van der Waals surface area (Å²) in [6.07, 6.45) is 0. The van der Waals surface area contributed by atoms with E-state index in [1.807, 2.05) is 70.2 Å². The van der Waals surface area contributed by atoms with E-state index in [1.165, 1.54) is 11.8 Å². The molecular weight excluding hydrogens is 396 g/mol. The van der Waals surface area contributed by atoms with Gasteiger partial charge in [-0.15, -0.1) is 11.8 Å². The Morgan fingerprint density at radius 1 is 1.00 bits per heavy atom. The zero-order valence-electron chi connectivity index (χ0n) is 17.6. The van der Waals surface area contributed by atoms with Crippen LogP contribution in [0.15, 0.2) is 42.5 Å². The highest BCUT2D eigenvalue weighted by Crippen LogP contribution is 2.23. The summed E-state index contributed by atoms with van der Waals surface area (Å²) in [4.78, 5) is 25.4. The van der Waals surface area contributed by atoms with Crippen molar-refractivity contribution in [3.63, 3.8) is 0 Å². The number of para-hydroxylation sites is 2. The summed E-state index contributed by atoms with van der Waals surface area (Å²) in [5, 5.41) is 5.92. The molecule has 3 aromatic rings. The molecular formula is C22H26N6OS. The Kier molecular flexibility index (Phi) is 6.89. The molecule has 8 heteroatoms. The van der Waals surface area contributed by atoms with Crippen LogP contribution in [0.5, 0.6) is 0 Å². The molecule has 0 saturated heterocycles.